The van der Waals surface area contributed by atoms with Gasteiger partial charge in [0.25, 0.3) is 0 Å². The van der Waals surface area contributed by atoms with Crippen LogP contribution in [0.15, 0.2) is 24.4 Å². The van der Waals surface area contributed by atoms with E-state index in [4.69, 9.17) is 4.12 Å². The fourth-order valence-electron chi connectivity index (χ4n) is 2.78. The predicted octanol–water partition coefficient (Wildman–Crippen LogP) is 2.40. The van der Waals surface area contributed by atoms with Gasteiger partial charge < -0.3 is 4.12 Å². The normalized spacial score (nSPS) is 23.5. The molecule has 0 N–H and O–H groups in total. The number of hydrogen-bond acceptors (Lipinski definition) is 3. The molecular weight excluding hydrogens is 244 g/mol. The van der Waals surface area contributed by atoms with Crippen LogP contribution < -0.4 is 0 Å². The monoisotopic (exact) mass is 266 g/mol. The zero-order valence-corrected chi connectivity index (χ0v) is 13.2. The Kier molecular flexibility index (Phi) is 3.54. The van der Waals surface area contributed by atoms with Crippen molar-refractivity contribution >= 4 is 16.6 Å². The molecule has 3 nitrogen and oxygen atoms in total. The molecule has 0 amide bonds. The first-order chi connectivity index (χ1) is 7.86. The molecule has 0 bridgehead atoms. The van der Waals surface area contributed by atoms with Crippen LogP contribution in [0, 0.1) is 0 Å². The Balaban J connectivity index is 2.06. The number of pyridine rings is 1. The molecule has 0 aliphatic carbocycles. The third-order valence-corrected chi connectivity index (χ3v) is 9.71. The highest BCUT2D eigenvalue weighted by atomic mass is 28.4. The summed E-state index contributed by atoms with van der Waals surface area (Å²) in [5.41, 5.74) is 1.17. The first-order valence-corrected chi connectivity index (χ1v) is 12.4. The highest BCUT2D eigenvalue weighted by molar-refractivity contribution is 6.86. The standard InChI is InChI=1S/C12H22N2OSi2/c1-16(2)10-14(11-17(3,4)15-16)9-12-7-5-6-8-13-12/h5-8H,9-11H2,1-4H3. The van der Waals surface area contributed by atoms with E-state index >= 15 is 0 Å². The molecule has 0 radical (unpaired) electrons. The van der Waals surface area contributed by atoms with Crippen LogP contribution in [0.1, 0.15) is 5.69 Å². The molecule has 1 aromatic heterocycles. The summed E-state index contributed by atoms with van der Waals surface area (Å²) in [5, 5.41) is 0. The molecule has 0 spiro atoms. The molecule has 2 rings (SSSR count). The maximum Gasteiger partial charge on any atom is 0.187 e. The summed E-state index contributed by atoms with van der Waals surface area (Å²) >= 11 is 0. The van der Waals surface area contributed by atoms with Gasteiger partial charge >= 0.3 is 0 Å². The first kappa shape index (κ1) is 12.9. The number of hydrogen-bond donors (Lipinski definition) is 0. The van der Waals surface area contributed by atoms with Crippen LogP contribution in [-0.4, -0.2) is 38.9 Å². The summed E-state index contributed by atoms with van der Waals surface area (Å²) in [7, 11) is -2.97. The zero-order valence-electron chi connectivity index (χ0n) is 11.2. The lowest BCUT2D eigenvalue weighted by atomic mass is 10.3. The highest BCUT2D eigenvalue weighted by Crippen LogP contribution is 2.23. The average molecular weight is 266 g/mol. The number of rotatable bonds is 2. The molecule has 17 heavy (non-hydrogen) atoms. The van der Waals surface area contributed by atoms with Crippen molar-refractivity contribution < 1.29 is 4.12 Å². The van der Waals surface area contributed by atoms with Gasteiger partial charge in [0.2, 0.25) is 0 Å². The van der Waals surface area contributed by atoms with Crippen molar-refractivity contribution in [2.75, 3.05) is 12.3 Å². The van der Waals surface area contributed by atoms with Crippen molar-refractivity contribution in [3.8, 4) is 0 Å². The van der Waals surface area contributed by atoms with E-state index in [0.717, 1.165) is 18.9 Å². The Hall–Kier alpha value is -0.496. The second-order valence-electron chi connectivity index (χ2n) is 6.09. The van der Waals surface area contributed by atoms with Gasteiger partial charge in [-0.25, -0.2) is 0 Å². The van der Waals surface area contributed by atoms with Crippen molar-refractivity contribution in [1.82, 2.24) is 9.88 Å². The molecule has 1 aromatic rings. The van der Waals surface area contributed by atoms with Crippen LogP contribution in [0.5, 0.6) is 0 Å². The van der Waals surface area contributed by atoms with Crippen molar-refractivity contribution in [3.05, 3.63) is 30.1 Å². The lowest BCUT2D eigenvalue weighted by molar-refractivity contribution is 0.288. The zero-order chi connectivity index (χ0) is 12.5. The predicted molar refractivity (Wildman–Crippen MR) is 75.6 cm³/mol. The van der Waals surface area contributed by atoms with Gasteiger partial charge in [0.05, 0.1) is 5.69 Å². The summed E-state index contributed by atoms with van der Waals surface area (Å²) in [6.07, 6.45) is 4.13. The van der Waals surface area contributed by atoms with Gasteiger partial charge in [0, 0.05) is 25.1 Å². The van der Waals surface area contributed by atoms with Crippen LogP contribution in [0.2, 0.25) is 26.2 Å². The molecule has 2 heterocycles. The Morgan fingerprint density at radius 1 is 1.18 bits per heavy atom. The maximum absolute atomic E-state index is 6.34. The van der Waals surface area contributed by atoms with Gasteiger partial charge in [-0.1, -0.05) is 6.07 Å². The molecule has 0 unspecified atom stereocenters. The van der Waals surface area contributed by atoms with Gasteiger partial charge in [-0.3, -0.25) is 9.88 Å². The van der Waals surface area contributed by atoms with E-state index in [1.54, 1.807) is 0 Å². The van der Waals surface area contributed by atoms with E-state index in [0.29, 0.717) is 0 Å². The van der Waals surface area contributed by atoms with E-state index in [9.17, 15) is 0 Å². The molecular formula is C12H22N2OSi2. The lowest BCUT2D eigenvalue weighted by Crippen LogP contribution is -2.62. The SMILES string of the molecule is C[Si]1(C)CN(Cc2ccccn2)C[Si](C)(C)O1. The van der Waals surface area contributed by atoms with Gasteiger partial charge in [-0.15, -0.1) is 0 Å². The van der Waals surface area contributed by atoms with E-state index in [-0.39, 0.29) is 0 Å². The van der Waals surface area contributed by atoms with Crippen molar-refractivity contribution in [2.45, 2.75) is 32.7 Å². The molecule has 94 valence electrons. The quantitative estimate of drug-likeness (QED) is 0.769. The molecule has 0 atom stereocenters. The molecule has 1 aliphatic rings. The van der Waals surface area contributed by atoms with Crippen molar-refractivity contribution in [1.29, 1.82) is 0 Å². The Bertz CT molecular complexity index is 365. The van der Waals surface area contributed by atoms with Crippen molar-refractivity contribution in [3.63, 3.8) is 0 Å². The average Bonchev–Trinajstić information content (AvgIpc) is 2.13. The molecule has 1 aliphatic heterocycles. The van der Waals surface area contributed by atoms with Crippen molar-refractivity contribution in [2.24, 2.45) is 0 Å². The van der Waals surface area contributed by atoms with Crippen LogP contribution in [0.25, 0.3) is 0 Å². The molecule has 1 fully saturated rings. The van der Waals surface area contributed by atoms with Gasteiger partial charge in [0.15, 0.2) is 16.6 Å². The van der Waals surface area contributed by atoms with Crippen LogP contribution >= 0.6 is 0 Å². The molecule has 0 saturated carbocycles. The topological polar surface area (TPSA) is 25.4 Å². The van der Waals surface area contributed by atoms with E-state index in [2.05, 4.69) is 48.2 Å². The van der Waals surface area contributed by atoms with Gasteiger partial charge in [-0.2, -0.15) is 0 Å². The Labute approximate surface area is 106 Å². The summed E-state index contributed by atoms with van der Waals surface area (Å²) < 4.78 is 6.34. The summed E-state index contributed by atoms with van der Waals surface area (Å²) in [4.78, 5) is 6.96. The van der Waals surface area contributed by atoms with E-state index < -0.39 is 16.6 Å². The fraction of sp³-hybridized carbons (Fsp3) is 0.583. The largest absolute Gasteiger partial charge is 0.454 e. The summed E-state index contributed by atoms with van der Waals surface area (Å²) in [5.74, 6) is 0. The first-order valence-electron chi connectivity index (χ1n) is 6.19. The summed E-state index contributed by atoms with van der Waals surface area (Å²) in [6, 6.07) is 6.15. The third-order valence-electron chi connectivity index (χ3n) is 2.87. The summed E-state index contributed by atoms with van der Waals surface area (Å²) in [6.45, 7) is 10.3. The van der Waals surface area contributed by atoms with E-state index in [1.807, 2.05) is 12.3 Å². The smallest absolute Gasteiger partial charge is 0.187 e. The maximum atomic E-state index is 6.34. The second kappa shape index (κ2) is 4.64. The van der Waals surface area contributed by atoms with Crippen LogP contribution in [-0.2, 0) is 10.7 Å². The third kappa shape index (κ3) is 3.74. The van der Waals surface area contributed by atoms with Crippen LogP contribution in [0.3, 0.4) is 0 Å². The lowest BCUT2D eigenvalue weighted by Gasteiger charge is -2.45. The number of nitrogens with zero attached hydrogens (tertiary/aromatic N) is 2. The van der Waals surface area contributed by atoms with E-state index in [1.165, 1.54) is 5.69 Å². The Morgan fingerprint density at radius 2 is 1.82 bits per heavy atom. The highest BCUT2D eigenvalue weighted by Gasteiger charge is 2.41. The van der Waals surface area contributed by atoms with Gasteiger partial charge in [0.1, 0.15) is 0 Å². The molecule has 0 aromatic carbocycles. The minimum atomic E-state index is -1.48. The molecule has 1 saturated heterocycles. The molecule has 5 heteroatoms. The van der Waals surface area contributed by atoms with Gasteiger partial charge in [-0.05, 0) is 38.3 Å². The fourth-order valence-corrected chi connectivity index (χ4v) is 12.1. The van der Waals surface area contributed by atoms with Crippen LogP contribution in [0.4, 0.5) is 0 Å². The Morgan fingerprint density at radius 3 is 2.35 bits per heavy atom. The minimum absolute atomic E-state index is 0.969. The number of aromatic nitrogens is 1. The minimum Gasteiger partial charge on any atom is -0.454 e. The second-order valence-corrected chi connectivity index (χ2v) is 14.6.